The average Bonchev–Trinajstić information content (AvgIpc) is 3.24. The molecule has 0 unspecified atom stereocenters. The highest BCUT2D eigenvalue weighted by Crippen LogP contribution is 2.29. The zero-order valence-corrected chi connectivity index (χ0v) is 14.0. The predicted molar refractivity (Wildman–Crippen MR) is 91.7 cm³/mol. The minimum Gasteiger partial charge on any atom is -0.343 e. The molecule has 0 radical (unpaired) electrons. The summed E-state index contributed by atoms with van der Waals surface area (Å²) in [5.74, 6) is 3.04. The number of aryl methyl sites for hydroxylation is 2. The molecule has 5 heteroatoms. The molecule has 2 aliphatic rings. The third-order valence-electron chi connectivity index (χ3n) is 5.32. The highest BCUT2D eigenvalue weighted by atomic mass is 16.2. The van der Waals surface area contributed by atoms with Gasteiger partial charge in [-0.1, -0.05) is 30.3 Å². The van der Waals surface area contributed by atoms with E-state index in [9.17, 15) is 4.79 Å². The van der Waals surface area contributed by atoms with E-state index in [0.717, 1.165) is 57.0 Å². The summed E-state index contributed by atoms with van der Waals surface area (Å²) in [6, 6.07) is 10.2. The number of rotatable bonds is 4. The first-order valence-corrected chi connectivity index (χ1v) is 9.05. The number of likely N-dealkylation sites (tertiary alicyclic amines) is 1. The molecule has 3 heterocycles. The fraction of sp³-hybridized carbons (Fsp3) is 0.526. The fourth-order valence-electron chi connectivity index (χ4n) is 3.92. The zero-order chi connectivity index (χ0) is 16.4. The average molecular weight is 324 g/mol. The van der Waals surface area contributed by atoms with Gasteiger partial charge in [0.05, 0.1) is 0 Å². The van der Waals surface area contributed by atoms with Crippen molar-refractivity contribution < 1.29 is 4.79 Å². The van der Waals surface area contributed by atoms with Gasteiger partial charge in [0.1, 0.15) is 11.6 Å². The number of nitrogens with zero attached hydrogens (tertiary/aromatic N) is 4. The lowest BCUT2D eigenvalue weighted by molar-refractivity contribution is -0.132. The van der Waals surface area contributed by atoms with Gasteiger partial charge in [-0.3, -0.25) is 4.79 Å². The molecule has 1 fully saturated rings. The maximum absolute atomic E-state index is 12.4. The maximum Gasteiger partial charge on any atom is 0.222 e. The summed E-state index contributed by atoms with van der Waals surface area (Å²) in [5.41, 5.74) is 1.24. The van der Waals surface area contributed by atoms with Crippen molar-refractivity contribution in [2.75, 3.05) is 13.1 Å². The smallest absolute Gasteiger partial charge is 0.222 e. The number of hydrogen-bond donors (Lipinski definition) is 0. The van der Waals surface area contributed by atoms with Crippen LogP contribution in [0.4, 0.5) is 0 Å². The van der Waals surface area contributed by atoms with E-state index in [1.54, 1.807) is 0 Å². The van der Waals surface area contributed by atoms with Crippen LogP contribution in [-0.2, 0) is 24.2 Å². The van der Waals surface area contributed by atoms with Crippen molar-refractivity contribution in [2.24, 2.45) is 0 Å². The maximum atomic E-state index is 12.4. The number of fused-ring (bicyclic) bond motifs is 1. The van der Waals surface area contributed by atoms with Gasteiger partial charge < -0.3 is 9.47 Å². The molecule has 0 saturated carbocycles. The number of hydrogen-bond acceptors (Lipinski definition) is 3. The minimum atomic E-state index is 0.281. The molecular weight excluding hydrogens is 300 g/mol. The van der Waals surface area contributed by atoms with Crippen LogP contribution in [0.1, 0.15) is 48.8 Å². The molecule has 1 saturated heterocycles. The standard InChI is InChI=1S/C19H24N4O/c24-18(9-8-15-5-2-1-3-6-15)22-13-10-16(11-14-22)19-21-20-17-7-4-12-23(17)19/h1-3,5-6,16H,4,7-14H2. The number of piperidine rings is 1. The van der Waals surface area contributed by atoms with E-state index >= 15 is 0 Å². The third-order valence-corrected chi connectivity index (χ3v) is 5.32. The normalized spacial score (nSPS) is 17.9. The third kappa shape index (κ3) is 3.07. The summed E-state index contributed by atoms with van der Waals surface area (Å²) in [4.78, 5) is 14.5. The molecule has 1 aromatic carbocycles. The molecular formula is C19H24N4O. The largest absolute Gasteiger partial charge is 0.343 e. The quantitative estimate of drug-likeness (QED) is 0.868. The highest BCUT2D eigenvalue weighted by Gasteiger charge is 2.29. The van der Waals surface area contributed by atoms with Gasteiger partial charge in [-0.2, -0.15) is 0 Å². The highest BCUT2D eigenvalue weighted by molar-refractivity contribution is 5.76. The molecule has 1 amide bonds. The Morgan fingerprint density at radius 1 is 1.08 bits per heavy atom. The second-order valence-electron chi connectivity index (χ2n) is 6.87. The van der Waals surface area contributed by atoms with Crippen molar-refractivity contribution in [3.8, 4) is 0 Å². The Labute approximate surface area is 142 Å². The Bertz CT molecular complexity index is 701. The fourth-order valence-corrected chi connectivity index (χ4v) is 3.92. The van der Waals surface area contributed by atoms with Gasteiger partial charge in [-0.05, 0) is 31.2 Å². The summed E-state index contributed by atoms with van der Waals surface area (Å²) in [7, 11) is 0. The van der Waals surface area contributed by atoms with Crippen LogP contribution in [-0.4, -0.2) is 38.7 Å². The van der Waals surface area contributed by atoms with E-state index in [0.29, 0.717) is 12.3 Å². The van der Waals surface area contributed by atoms with E-state index in [-0.39, 0.29) is 5.91 Å². The second kappa shape index (κ2) is 6.75. The van der Waals surface area contributed by atoms with E-state index in [4.69, 9.17) is 0 Å². The first-order chi connectivity index (χ1) is 11.8. The topological polar surface area (TPSA) is 51.0 Å². The SMILES string of the molecule is O=C(CCc1ccccc1)N1CCC(c2nnc3n2CCC3)CC1. The van der Waals surface area contributed by atoms with E-state index in [2.05, 4.69) is 26.9 Å². The van der Waals surface area contributed by atoms with Gasteiger partial charge in [-0.25, -0.2) is 0 Å². The molecule has 1 aromatic heterocycles. The van der Waals surface area contributed by atoms with Gasteiger partial charge in [0, 0.05) is 38.4 Å². The number of benzene rings is 1. The molecule has 24 heavy (non-hydrogen) atoms. The van der Waals surface area contributed by atoms with Crippen LogP contribution in [0.5, 0.6) is 0 Å². The lowest BCUT2D eigenvalue weighted by atomic mass is 9.95. The van der Waals surface area contributed by atoms with Gasteiger partial charge in [0.2, 0.25) is 5.91 Å². The summed E-state index contributed by atoms with van der Waals surface area (Å²) in [5, 5.41) is 8.74. The lowest BCUT2D eigenvalue weighted by Gasteiger charge is -2.31. The van der Waals surface area contributed by atoms with Gasteiger partial charge in [0.15, 0.2) is 0 Å². The van der Waals surface area contributed by atoms with Crippen LogP contribution >= 0.6 is 0 Å². The Kier molecular flexibility index (Phi) is 4.32. The van der Waals surface area contributed by atoms with Crippen molar-refractivity contribution in [2.45, 2.75) is 51.0 Å². The zero-order valence-electron chi connectivity index (χ0n) is 14.0. The molecule has 4 rings (SSSR count). The van der Waals surface area contributed by atoms with Crippen molar-refractivity contribution in [3.63, 3.8) is 0 Å². The number of carbonyl (C=O) groups excluding carboxylic acids is 1. The Balaban J connectivity index is 1.30. The first kappa shape index (κ1) is 15.4. The molecule has 0 atom stereocenters. The Hall–Kier alpha value is -2.17. The van der Waals surface area contributed by atoms with Crippen molar-refractivity contribution in [1.82, 2.24) is 19.7 Å². The second-order valence-corrected chi connectivity index (χ2v) is 6.87. The van der Waals surface area contributed by atoms with E-state index in [1.807, 2.05) is 23.1 Å². The van der Waals surface area contributed by atoms with Crippen LogP contribution in [0.2, 0.25) is 0 Å². The molecule has 0 aliphatic carbocycles. The van der Waals surface area contributed by atoms with Gasteiger partial charge in [0.25, 0.3) is 0 Å². The van der Waals surface area contributed by atoms with Gasteiger partial charge >= 0.3 is 0 Å². The molecule has 0 N–H and O–H groups in total. The first-order valence-electron chi connectivity index (χ1n) is 9.05. The molecule has 2 aliphatic heterocycles. The van der Waals surface area contributed by atoms with Crippen LogP contribution in [0.15, 0.2) is 30.3 Å². The van der Waals surface area contributed by atoms with Crippen molar-refractivity contribution >= 4 is 5.91 Å². The molecule has 0 spiro atoms. The van der Waals surface area contributed by atoms with Crippen LogP contribution in [0, 0.1) is 0 Å². The van der Waals surface area contributed by atoms with Crippen LogP contribution in [0.3, 0.4) is 0 Å². The molecule has 5 nitrogen and oxygen atoms in total. The Morgan fingerprint density at radius 2 is 1.88 bits per heavy atom. The Morgan fingerprint density at radius 3 is 2.67 bits per heavy atom. The summed E-state index contributed by atoms with van der Waals surface area (Å²) in [6.07, 6.45) is 5.70. The van der Waals surface area contributed by atoms with Crippen molar-refractivity contribution in [3.05, 3.63) is 47.5 Å². The summed E-state index contributed by atoms with van der Waals surface area (Å²) in [6.45, 7) is 2.76. The number of aromatic nitrogens is 3. The van der Waals surface area contributed by atoms with Gasteiger partial charge in [-0.15, -0.1) is 10.2 Å². The van der Waals surface area contributed by atoms with Crippen molar-refractivity contribution in [1.29, 1.82) is 0 Å². The van der Waals surface area contributed by atoms with Crippen LogP contribution in [0.25, 0.3) is 0 Å². The molecule has 126 valence electrons. The number of carbonyl (C=O) groups is 1. The van der Waals surface area contributed by atoms with E-state index < -0.39 is 0 Å². The minimum absolute atomic E-state index is 0.281. The summed E-state index contributed by atoms with van der Waals surface area (Å²) < 4.78 is 2.30. The molecule has 2 aromatic rings. The predicted octanol–water partition coefficient (Wildman–Crippen LogP) is 2.56. The lowest BCUT2D eigenvalue weighted by Crippen LogP contribution is -2.38. The number of amides is 1. The molecule has 0 bridgehead atoms. The van der Waals surface area contributed by atoms with E-state index in [1.165, 1.54) is 12.0 Å². The summed E-state index contributed by atoms with van der Waals surface area (Å²) >= 11 is 0. The van der Waals surface area contributed by atoms with Crippen LogP contribution < -0.4 is 0 Å². The monoisotopic (exact) mass is 324 g/mol.